The molecule has 28 heavy (non-hydrogen) atoms. The van der Waals surface area contributed by atoms with Crippen LogP contribution in [-0.4, -0.2) is 39.8 Å². The third-order valence-electron chi connectivity index (χ3n) is 3.93. The first-order valence-corrected chi connectivity index (χ1v) is 10.8. The van der Waals surface area contributed by atoms with E-state index in [-0.39, 0.29) is 9.70 Å². The van der Waals surface area contributed by atoms with E-state index in [0.29, 0.717) is 28.4 Å². The van der Waals surface area contributed by atoms with Crippen molar-refractivity contribution in [3.63, 3.8) is 0 Å². The Labute approximate surface area is 170 Å². The molecule has 10 heteroatoms. The van der Waals surface area contributed by atoms with Crippen LogP contribution in [0.5, 0.6) is 0 Å². The summed E-state index contributed by atoms with van der Waals surface area (Å²) in [5, 5.41) is 0.436. The van der Waals surface area contributed by atoms with E-state index in [4.69, 9.17) is 21.1 Å². The molecule has 0 amide bonds. The highest BCUT2D eigenvalue weighted by atomic mass is 35.5. The molecule has 3 aromatic rings. The van der Waals surface area contributed by atoms with Crippen LogP contribution in [0.4, 0.5) is 0 Å². The Morgan fingerprint density at radius 2 is 1.89 bits per heavy atom. The van der Waals surface area contributed by atoms with Crippen molar-refractivity contribution in [2.75, 3.05) is 20.8 Å². The van der Waals surface area contributed by atoms with Gasteiger partial charge < -0.3 is 14.0 Å². The Hall–Kier alpha value is -2.20. The molecular formula is C18H17ClN2O5S2. The summed E-state index contributed by atoms with van der Waals surface area (Å²) in [7, 11) is -1.07. The number of esters is 1. The second-order valence-corrected chi connectivity index (χ2v) is 8.77. The maximum Gasteiger partial charge on any atom is 0.337 e. The van der Waals surface area contributed by atoms with E-state index in [1.54, 1.807) is 29.9 Å². The van der Waals surface area contributed by atoms with Gasteiger partial charge in [-0.2, -0.15) is 8.42 Å². The van der Waals surface area contributed by atoms with E-state index in [0.717, 1.165) is 5.52 Å². The predicted octanol–water partition coefficient (Wildman–Crippen LogP) is 3.08. The number of thiazole rings is 1. The van der Waals surface area contributed by atoms with Crippen molar-refractivity contribution in [3.8, 4) is 0 Å². The fourth-order valence-electron chi connectivity index (χ4n) is 2.55. The van der Waals surface area contributed by atoms with Crippen LogP contribution in [0, 0.1) is 0 Å². The number of carbonyl (C=O) groups excluding carboxylic acids is 1. The molecule has 3 rings (SSSR count). The van der Waals surface area contributed by atoms with Crippen molar-refractivity contribution in [2.45, 2.75) is 11.4 Å². The average molecular weight is 441 g/mol. The summed E-state index contributed by atoms with van der Waals surface area (Å²) in [6.07, 6.45) is 0. The highest BCUT2D eigenvalue weighted by Crippen LogP contribution is 2.21. The molecule has 7 nitrogen and oxygen atoms in total. The zero-order valence-electron chi connectivity index (χ0n) is 15.1. The van der Waals surface area contributed by atoms with Crippen LogP contribution in [-0.2, 0) is 26.0 Å². The smallest absolute Gasteiger partial charge is 0.337 e. The SMILES string of the molecule is COCCn1c(=NS(=O)(=O)c2ccc(Cl)cc2)sc2cc(C(=O)OC)ccc21. The molecular weight excluding hydrogens is 424 g/mol. The number of hydrogen-bond acceptors (Lipinski definition) is 6. The number of benzene rings is 2. The van der Waals surface area contributed by atoms with Crippen LogP contribution in [0.1, 0.15) is 10.4 Å². The predicted molar refractivity (Wildman–Crippen MR) is 107 cm³/mol. The van der Waals surface area contributed by atoms with Gasteiger partial charge in [-0.25, -0.2) is 4.79 Å². The molecule has 2 aromatic carbocycles. The third-order valence-corrected chi connectivity index (χ3v) is 6.62. The van der Waals surface area contributed by atoms with Crippen LogP contribution >= 0.6 is 22.9 Å². The number of sulfonamides is 1. The molecule has 0 fully saturated rings. The number of carbonyl (C=O) groups is 1. The lowest BCUT2D eigenvalue weighted by molar-refractivity contribution is 0.0601. The lowest BCUT2D eigenvalue weighted by Gasteiger charge is -2.05. The van der Waals surface area contributed by atoms with Gasteiger partial charge in [0.25, 0.3) is 10.0 Å². The van der Waals surface area contributed by atoms with Crippen LogP contribution in [0.3, 0.4) is 0 Å². The number of halogens is 1. The molecule has 1 aromatic heterocycles. The highest BCUT2D eigenvalue weighted by molar-refractivity contribution is 7.90. The van der Waals surface area contributed by atoms with Crippen LogP contribution in [0.15, 0.2) is 51.8 Å². The molecule has 0 saturated heterocycles. The zero-order valence-corrected chi connectivity index (χ0v) is 17.5. The summed E-state index contributed by atoms with van der Waals surface area (Å²) < 4.78 is 41.8. The molecule has 0 aliphatic heterocycles. The zero-order chi connectivity index (χ0) is 20.3. The molecule has 1 heterocycles. The van der Waals surface area contributed by atoms with Gasteiger partial charge in [0.15, 0.2) is 0 Å². The summed E-state index contributed by atoms with van der Waals surface area (Å²) in [6, 6.07) is 10.8. The maximum atomic E-state index is 12.7. The summed E-state index contributed by atoms with van der Waals surface area (Å²) >= 11 is 7.00. The Morgan fingerprint density at radius 1 is 1.18 bits per heavy atom. The maximum absolute atomic E-state index is 12.7. The Morgan fingerprint density at radius 3 is 2.54 bits per heavy atom. The lowest BCUT2D eigenvalue weighted by Crippen LogP contribution is -2.19. The number of methoxy groups -OCH3 is 2. The van der Waals surface area contributed by atoms with Gasteiger partial charge in [0.2, 0.25) is 4.80 Å². The molecule has 0 radical (unpaired) electrons. The summed E-state index contributed by atoms with van der Waals surface area (Å²) in [5.74, 6) is -0.467. The van der Waals surface area contributed by atoms with Gasteiger partial charge in [0.05, 0.1) is 34.4 Å². The second kappa shape index (κ2) is 8.44. The normalized spacial score (nSPS) is 12.5. The average Bonchev–Trinajstić information content (AvgIpc) is 3.01. The van der Waals surface area contributed by atoms with E-state index >= 15 is 0 Å². The summed E-state index contributed by atoms with van der Waals surface area (Å²) in [6.45, 7) is 0.780. The monoisotopic (exact) mass is 440 g/mol. The standard InChI is InChI=1S/C18H17ClN2O5S2/c1-25-10-9-21-15-8-3-12(17(22)26-2)11-16(15)27-18(21)20-28(23,24)14-6-4-13(19)5-7-14/h3-8,11H,9-10H2,1-2H3. The highest BCUT2D eigenvalue weighted by Gasteiger charge is 2.16. The van der Waals surface area contributed by atoms with E-state index in [1.807, 2.05) is 0 Å². The van der Waals surface area contributed by atoms with Crippen LogP contribution < -0.4 is 4.80 Å². The fourth-order valence-corrected chi connectivity index (χ4v) is 4.97. The first-order chi connectivity index (χ1) is 13.4. The van der Waals surface area contributed by atoms with Crippen molar-refractivity contribution in [1.82, 2.24) is 4.57 Å². The second-order valence-electron chi connectivity index (χ2n) is 5.72. The minimum Gasteiger partial charge on any atom is -0.465 e. The molecule has 0 spiro atoms. The van der Waals surface area contributed by atoms with E-state index in [1.165, 1.54) is 42.7 Å². The van der Waals surface area contributed by atoms with Gasteiger partial charge in [-0.1, -0.05) is 22.9 Å². The molecule has 0 unspecified atom stereocenters. The van der Waals surface area contributed by atoms with Gasteiger partial charge in [-0.15, -0.1) is 4.40 Å². The van der Waals surface area contributed by atoms with Crippen molar-refractivity contribution in [2.24, 2.45) is 4.40 Å². The van der Waals surface area contributed by atoms with Crippen molar-refractivity contribution in [1.29, 1.82) is 0 Å². The van der Waals surface area contributed by atoms with Crippen molar-refractivity contribution >= 4 is 49.1 Å². The number of rotatable bonds is 6. The van der Waals surface area contributed by atoms with Crippen molar-refractivity contribution in [3.05, 3.63) is 57.9 Å². The Kier molecular flexibility index (Phi) is 6.19. The molecule has 0 aliphatic rings. The summed E-state index contributed by atoms with van der Waals surface area (Å²) in [4.78, 5) is 12.1. The van der Waals surface area contributed by atoms with Gasteiger partial charge in [-0.3, -0.25) is 0 Å². The van der Waals surface area contributed by atoms with Crippen molar-refractivity contribution < 1.29 is 22.7 Å². The Balaban J connectivity index is 2.18. The van der Waals surface area contributed by atoms with Gasteiger partial charge in [0.1, 0.15) is 0 Å². The quantitative estimate of drug-likeness (QED) is 0.550. The van der Waals surface area contributed by atoms with Gasteiger partial charge >= 0.3 is 5.97 Å². The van der Waals surface area contributed by atoms with E-state index < -0.39 is 16.0 Å². The molecule has 0 aliphatic carbocycles. The molecule has 0 atom stereocenters. The molecule has 148 valence electrons. The first-order valence-electron chi connectivity index (χ1n) is 8.13. The van der Waals surface area contributed by atoms with E-state index in [9.17, 15) is 13.2 Å². The van der Waals surface area contributed by atoms with Crippen LogP contribution in [0.2, 0.25) is 5.02 Å². The molecule has 0 bridgehead atoms. The fraction of sp³-hybridized carbons (Fsp3) is 0.222. The third kappa shape index (κ3) is 4.27. The van der Waals surface area contributed by atoms with Gasteiger partial charge in [-0.05, 0) is 42.5 Å². The first kappa shape index (κ1) is 20.5. The number of nitrogens with zero attached hydrogens (tertiary/aromatic N) is 2. The van der Waals surface area contributed by atoms with E-state index in [2.05, 4.69) is 4.40 Å². The number of fused-ring (bicyclic) bond motifs is 1. The molecule has 0 saturated carbocycles. The lowest BCUT2D eigenvalue weighted by atomic mass is 10.2. The Bertz CT molecular complexity index is 1180. The van der Waals surface area contributed by atoms with Crippen LogP contribution in [0.25, 0.3) is 10.2 Å². The topological polar surface area (TPSA) is 87.0 Å². The minimum absolute atomic E-state index is 0.0443. The largest absolute Gasteiger partial charge is 0.465 e. The van der Waals surface area contributed by atoms with Gasteiger partial charge in [0, 0.05) is 18.7 Å². The number of aromatic nitrogens is 1. The number of ether oxygens (including phenoxy) is 2. The molecule has 0 N–H and O–H groups in total. The minimum atomic E-state index is -3.93. The summed E-state index contributed by atoms with van der Waals surface area (Å²) in [5.41, 5.74) is 1.13. The number of hydrogen-bond donors (Lipinski definition) is 0.